The molecule has 1 fully saturated rings. The van der Waals surface area contributed by atoms with Crippen molar-refractivity contribution in [2.24, 2.45) is 5.92 Å². The van der Waals surface area contributed by atoms with E-state index in [0.29, 0.717) is 12.3 Å². The van der Waals surface area contributed by atoms with Gasteiger partial charge in [0.2, 0.25) is 0 Å². The first-order valence-electron chi connectivity index (χ1n) is 5.34. The van der Waals surface area contributed by atoms with E-state index in [1.165, 1.54) is 25.7 Å². The maximum Gasteiger partial charge on any atom is 0.166 e. The fourth-order valence-electron chi connectivity index (χ4n) is 2.26. The Bertz CT molecular complexity index is 319. The summed E-state index contributed by atoms with van der Waals surface area (Å²) >= 11 is 0. The van der Waals surface area contributed by atoms with Gasteiger partial charge in [-0.05, 0) is 18.9 Å². The number of furan rings is 1. The van der Waals surface area contributed by atoms with Crippen LogP contribution in [0.25, 0.3) is 0 Å². The second-order valence-corrected chi connectivity index (χ2v) is 4.17. The molecule has 0 aromatic carbocycles. The van der Waals surface area contributed by atoms with E-state index in [2.05, 4.69) is 0 Å². The fourth-order valence-corrected chi connectivity index (χ4v) is 2.26. The van der Waals surface area contributed by atoms with E-state index >= 15 is 0 Å². The summed E-state index contributed by atoms with van der Waals surface area (Å²) in [5.41, 5.74) is 0.775. The molecule has 1 aromatic heterocycles. The molecule has 1 aliphatic carbocycles. The average molecular weight is 192 g/mol. The van der Waals surface area contributed by atoms with Crippen LogP contribution in [0.1, 0.15) is 48.2 Å². The number of carbonyl (C=O) groups excluding carboxylic acids is 1. The van der Waals surface area contributed by atoms with E-state index in [1.807, 2.05) is 6.92 Å². The third-order valence-electron chi connectivity index (χ3n) is 3.11. The Hall–Kier alpha value is -1.05. The zero-order chi connectivity index (χ0) is 9.97. The van der Waals surface area contributed by atoms with E-state index in [9.17, 15) is 4.79 Å². The monoisotopic (exact) mass is 192 g/mol. The first-order chi connectivity index (χ1) is 6.77. The first kappa shape index (κ1) is 9.50. The highest BCUT2D eigenvalue weighted by Gasteiger charge is 2.20. The molecule has 1 saturated carbocycles. The smallest absolute Gasteiger partial charge is 0.166 e. The molecule has 2 rings (SSSR count). The van der Waals surface area contributed by atoms with Crippen molar-refractivity contribution in [2.75, 3.05) is 0 Å². The van der Waals surface area contributed by atoms with Gasteiger partial charge in [0.05, 0.1) is 11.8 Å². The van der Waals surface area contributed by atoms with Crippen molar-refractivity contribution in [1.82, 2.24) is 0 Å². The zero-order valence-corrected chi connectivity index (χ0v) is 8.58. The van der Waals surface area contributed by atoms with E-state index in [0.717, 1.165) is 11.3 Å². The molecule has 0 spiro atoms. The van der Waals surface area contributed by atoms with Crippen LogP contribution in [0.2, 0.25) is 0 Å². The van der Waals surface area contributed by atoms with Gasteiger partial charge in [-0.1, -0.05) is 25.7 Å². The molecule has 0 bridgehead atoms. The minimum Gasteiger partial charge on any atom is -0.469 e. The predicted octanol–water partition coefficient (Wildman–Crippen LogP) is 3.35. The Morgan fingerprint density at radius 2 is 2.21 bits per heavy atom. The lowest BCUT2D eigenvalue weighted by molar-refractivity contribution is 0.0960. The third kappa shape index (κ3) is 1.89. The van der Waals surface area contributed by atoms with E-state index in [4.69, 9.17) is 4.42 Å². The highest BCUT2D eigenvalue weighted by Crippen LogP contribution is 2.29. The summed E-state index contributed by atoms with van der Waals surface area (Å²) in [7, 11) is 0. The first-order valence-corrected chi connectivity index (χ1v) is 5.34. The summed E-state index contributed by atoms with van der Waals surface area (Å²) in [5, 5.41) is 0. The molecule has 2 nitrogen and oxygen atoms in total. The highest BCUT2D eigenvalue weighted by atomic mass is 16.3. The van der Waals surface area contributed by atoms with Crippen LogP contribution in [0.3, 0.4) is 0 Å². The maximum atomic E-state index is 11.8. The van der Waals surface area contributed by atoms with Crippen LogP contribution < -0.4 is 0 Å². The van der Waals surface area contributed by atoms with Crippen molar-refractivity contribution in [3.8, 4) is 0 Å². The standard InChI is InChI=1S/C12H16O2/c1-9-11(6-7-14-9)12(13)8-10-4-2-3-5-10/h6-7,10H,2-5,8H2,1H3. The normalized spacial score (nSPS) is 17.5. The number of aryl methyl sites for hydroxylation is 1. The highest BCUT2D eigenvalue weighted by molar-refractivity contribution is 5.97. The number of hydrogen-bond acceptors (Lipinski definition) is 2. The SMILES string of the molecule is Cc1occc1C(=O)CC1CCCC1. The molecule has 0 aliphatic heterocycles. The average Bonchev–Trinajstić information content (AvgIpc) is 2.75. The number of Topliss-reactive ketones (excluding diaryl/α,β-unsaturated/α-hetero) is 1. The van der Waals surface area contributed by atoms with Crippen molar-refractivity contribution < 1.29 is 9.21 Å². The molecule has 2 heteroatoms. The number of ketones is 1. The topological polar surface area (TPSA) is 30.2 Å². The van der Waals surface area contributed by atoms with Crippen LogP contribution in [0.5, 0.6) is 0 Å². The van der Waals surface area contributed by atoms with Crippen molar-refractivity contribution in [2.45, 2.75) is 39.0 Å². The molecule has 0 saturated heterocycles. The van der Waals surface area contributed by atoms with Crippen molar-refractivity contribution in [1.29, 1.82) is 0 Å². The Kier molecular flexibility index (Phi) is 2.71. The fraction of sp³-hybridized carbons (Fsp3) is 0.583. The molecule has 76 valence electrons. The number of carbonyl (C=O) groups is 1. The molecule has 0 radical (unpaired) electrons. The van der Waals surface area contributed by atoms with Gasteiger partial charge in [0.1, 0.15) is 5.76 Å². The minimum atomic E-state index is 0.253. The summed E-state index contributed by atoms with van der Waals surface area (Å²) in [6.07, 6.45) is 7.34. The largest absolute Gasteiger partial charge is 0.469 e. The van der Waals surface area contributed by atoms with Crippen LogP contribution in [-0.4, -0.2) is 5.78 Å². The van der Waals surface area contributed by atoms with Crippen molar-refractivity contribution in [3.05, 3.63) is 23.7 Å². The summed E-state index contributed by atoms with van der Waals surface area (Å²) in [6, 6.07) is 1.78. The summed E-state index contributed by atoms with van der Waals surface area (Å²) in [6.45, 7) is 1.85. The quantitative estimate of drug-likeness (QED) is 0.687. The summed E-state index contributed by atoms with van der Waals surface area (Å²) < 4.78 is 5.13. The van der Waals surface area contributed by atoms with Gasteiger partial charge in [0, 0.05) is 6.42 Å². The van der Waals surface area contributed by atoms with Crippen LogP contribution >= 0.6 is 0 Å². The van der Waals surface area contributed by atoms with E-state index in [1.54, 1.807) is 12.3 Å². The second kappa shape index (κ2) is 3.99. The minimum absolute atomic E-state index is 0.253. The van der Waals surface area contributed by atoms with Crippen LogP contribution in [-0.2, 0) is 0 Å². The Labute approximate surface area is 84.3 Å². The predicted molar refractivity (Wildman–Crippen MR) is 54.4 cm³/mol. The van der Waals surface area contributed by atoms with E-state index < -0.39 is 0 Å². The van der Waals surface area contributed by atoms with Gasteiger partial charge in [-0.2, -0.15) is 0 Å². The van der Waals surface area contributed by atoms with Gasteiger partial charge in [-0.15, -0.1) is 0 Å². The van der Waals surface area contributed by atoms with Crippen LogP contribution in [0.4, 0.5) is 0 Å². The van der Waals surface area contributed by atoms with Gasteiger partial charge in [0.15, 0.2) is 5.78 Å². The lowest BCUT2D eigenvalue weighted by Crippen LogP contribution is -2.05. The lowest BCUT2D eigenvalue weighted by Gasteiger charge is -2.06. The van der Waals surface area contributed by atoms with Gasteiger partial charge < -0.3 is 4.42 Å². The Morgan fingerprint density at radius 3 is 2.79 bits per heavy atom. The molecular formula is C12H16O2. The summed E-state index contributed by atoms with van der Waals surface area (Å²) in [5.74, 6) is 1.63. The molecule has 0 amide bonds. The van der Waals surface area contributed by atoms with Gasteiger partial charge in [-0.25, -0.2) is 0 Å². The number of hydrogen-bond donors (Lipinski definition) is 0. The third-order valence-corrected chi connectivity index (χ3v) is 3.11. The Morgan fingerprint density at radius 1 is 1.50 bits per heavy atom. The molecule has 1 heterocycles. The molecule has 1 aromatic rings. The molecule has 0 atom stereocenters. The van der Waals surface area contributed by atoms with Gasteiger partial charge in [0.25, 0.3) is 0 Å². The second-order valence-electron chi connectivity index (χ2n) is 4.17. The van der Waals surface area contributed by atoms with Gasteiger partial charge in [-0.3, -0.25) is 4.79 Å². The molecule has 0 unspecified atom stereocenters. The van der Waals surface area contributed by atoms with E-state index in [-0.39, 0.29) is 5.78 Å². The molecule has 0 N–H and O–H groups in total. The van der Waals surface area contributed by atoms with Crippen molar-refractivity contribution in [3.63, 3.8) is 0 Å². The van der Waals surface area contributed by atoms with Crippen LogP contribution in [0.15, 0.2) is 16.7 Å². The van der Waals surface area contributed by atoms with Crippen molar-refractivity contribution >= 4 is 5.78 Å². The Balaban J connectivity index is 1.98. The summed E-state index contributed by atoms with van der Waals surface area (Å²) in [4.78, 5) is 11.8. The molecule has 1 aliphatic rings. The maximum absolute atomic E-state index is 11.8. The lowest BCUT2D eigenvalue weighted by atomic mass is 9.97. The van der Waals surface area contributed by atoms with Crippen LogP contribution in [0, 0.1) is 12.8 Å². The van der Waals surface area contributed by atoms with Gasteiger partial charge >= 0.3 is 0 Å². The molecular weight excluding hydrogens is 176 g/mol. The number of rotatable bonds is 3. The zero-order valence-electron chi connectivity index (χ0n) is 8.58. The molecule has 14 heavy (non-hydrogen) atoms.